The summed E-state index contributed by atoms with van der Waals surface area (Å²) in [6.07, 6.45) is 52.2. The number of rotatable bonds is 47. The monoisotopic (exact) mass is 779 g/mol. The average Bonchev–Trinajstić information content (AvgIpc) is 3.19. The minimum atomic E-state index is -1.85. The highest BCUT2D eigenvalue weighted by molar-refractivity contribution is 5.88. The highest BCUT2D eigenvalue weighted by Crippen LogP contribution is 2.35. The Kier molecular flexibility index (Phi) is 41.4. The summed E-state index contributed by atoms with van der Waals surface area (Å²) in [7, 11) is 0. The Balaban J connectivity index is 4.62. The lowest BCUT2D eigenvalue weighted by Gasteiger charge is -2.42. The van der Waals surface area contributed by atoms with Gasteiger partial charge in [-0.3, -0.25) is 4.79 Å². The maximum atomic E-state index is 13.8. The fourth-order valence-corrected chi connectivity index (χ4v) is 8.75. The highest BCUT2D eigenvalue weighted by atomic mass is 16.4. The van der Waals surface area contributed by atoms with Crippen LogP contribution in [0, 0.1) is 0 Å². The number of carbonyl (C=O) groups excluding carboxylic acids is 1. The first-order chi connectivity index (χ1) is 26.9. The van der Waals surface area contributed by atoms with E-state index in [1.54, 1.807) is 0 Å². The number of unbranched alkanes of at least 4 members (excludes halogenated alkanes) is 38. The van der Waals surface area contributed by atoms with Crippen LogP contribution in [0.1, 0.15) is 303 Å². The van der Waals surface area contributed by atoms with Gasteiger partial charge in [-0.2, -0.15) is 0 Å². The number of hydrogen-bond acceptors (Lipinski definition) is 4. The minimum absolute atomic E-state index is 0.244. The SMILES string of the molecule is CCCCCCCCCCCCCCCCCCC(O)(C(=O)CCCCCCCCCCCCCCC)C(O)(CO)CCCCCCCCCCCCCC. The van der Waals surface area contributed by atoms with Gasteiger partial charge < -0.3 is 15.3 Å². The van der Waals surface area contributed by atoms with Crippen molar-refractivity contribution in [1.29, 1.82) is 0 Å². The molecule has 0 aromatic rings. The molecule has 0 spiro atoms. The molecule has 4 heteroatoms. The Bertz CT molecular complexity index is 770. The lowest BCUT2D eigenvalue weighted by Crippen LogP contribution is -2.61. The topological polar surface area (TPSA) is 77.8 Å². The van der Waals surface area contributed by atoms with Gasteiger partial charge in [0.05, 0.1) is 6.61 Å². The predicted octanol–water partition coefficient (Wildman–Crippen LogP) is 16.2. The van der Waals surface area contributed by atoms with Crippen molar-refractivity contribution in [2.24, 2.45) is 0 Å². The number of carbonyl (C=O) groups is 1. The van der Waals surface area contributed by atoms with E-state index in [1.807, 2.05) is 0 Å². The zero-order valence-electron chi connectivity index (χ0n) is 38.1. The molecular formula is C51H102O4. The van der Waals surface area contributed by atoms with Gasteiger partial charge in [0.25, 0.3) is 0 Å². The molecule has 0 aromatic heterocycles. The summed E-state index contributed by atoms with van der Waals surface area (Å²) in [6, 6.07) is 0. The normalized spacial score (nSPS) is 14.0. The second kappa shape index (κ2) is 41.7. The number of aliphatic hydroxyl groups is 3. The van der Waals surface area contributed by atoms with E-state index < -0.39 is 17.8 Å². The van der Waals surface area contributed by atoms with Gasteiger partial charge in [0.15, 0.2) is 11.4 Å². The fourth-order valence-electron chi connectivity index (χ4n) is 8.75. The summed E-state index contributed by atoms with van der Waals surface area (Å²) in [4.78, 5) is 13.8. The molecule has 4 nitrogen and oxygen atoms in total. The molecule has 0 heterocycles. The van der Waals surface area contributed by atoms with E-state index in [4.69, 9.17) is 0 Å². The van der Waals surface area contributed by atoms with E-state index in [0.717, 1.165) is 57.8 Å². The molecule has 0 fully saturated rings. The van der Waals surface area contributed by atoms with Gasteiger partial charge >= 0.3 is 0 Å². The van der Waals surface area contributed by atoms with Gasteiger partial charge in [0.1, 0.15) is 5.60 Å². The molecule has 0 amide bonds. The fraction of sp³-hybridized carbons (Fsp3) is 0.980. The Hall–Kier alpha value is -0.450. The summed E-state index contributed by atoms with van der Waals surface area (Å²) in [6.45, 7) is 6.27. The molecular weight excluding hydrogens is 677 g/mol. The smallest absolute Gasteiger partial charge is 0.167 e. The van der Waals surface area contributed by atoms with Crippen LogP contribution in [0.3, 0.4) is 0 Å². The molecule has 2 unspecified atom stereocenters. The number of aliphatic hydroxyl groups excluding tert-OH is 1. The van der Waals surface area contributed by atoms with E-state index in [1.165, 1.54) is 205 Å². The van der Waals surface area contributed by atoms with Crippen LogP contribution in [0.2, 0.25) is 0 Å². The quantitative estimate of drug-likeness (QED) is 0.0538. The molecule has 55 heavy (non-hydrogen) atoms. The van der Waals surface area contributed by atoms with Crippen LogP contribution in [-0.2, 0) is 4.79 Å². The summed E-state index contributed by atoms with van der Waals surface area (Å²) in [5.74, 6) is -0.244. The van der Waals surface area contributed by atoms with Crippen molar-refractivity contribution in [2.75, 3.05) is 6.61 Å². The molecule has 2 atom stereocenters. The molecule has 0 saturated carbocycles. The van der Waals surface area contributed by atoms with Crippen LogP contribution in [0.5, 0.6) is 0 Å². The number of Topliss-reactive ketones (excluding diaryl/α,β-unsaturated/α-hetero) is 1. The van der Waals surface area contributed by atoms with Crippen molar-refractivity contribution in [3.63, 3.8) is 0 Å². The Morgan fingerprint density at radius 2 is 0.545 bits per heavy atom. The van der Waals surface area contributed by atoms with Gasteiger partial charge in [-0.15, -0.1) is 0 Å². The third kappa shape index (κ3) is 32.1. The minimum Gasteiger partial charge on any atom is -0.393 e. The van der Waals surface area contributed by atoms with Crippen LogP contribution >= 0.6 is 0 Å². The van der Waals surface area contributed by atoms with E-state index in [2.05, 4.69) is 20.8 Å². The zero-order chi connectivity index (χ0) is 40.4. The van der Waals surface area contributed by atoms with E-state index in [-0.39, 0.29) is 12.2 Å². The Morgan fingerprint density at radius 3 is 0.800 bits per heavy atom. The third-order valence-electron chi connectivity index (χ3n) is 12.8. The van der Waals surface area contributed by atoms with E-state index >= 15 is 0 Å². The largest absolute Gasteiger partial charge is 0.393 e. The summed E-state index contributed by atoms with van der Waals surface area (Å²) in [5, 5.41) is 34.3. The first-order valence-electron chi connectivity index (χ1n) is 25.5. The zero-order valence-corrected chi connectivity index (χ0v) is 38.1. The van der Waals surface area contributed by atoms with Gasteiger partial charge in [0.2, 0.25) is 0 Å². The van der Waals surface area contributed by atoms with Crippen molar-refractivity contribution in [2.45, 2.75) is 314 Å². The standard InChI is InChI=1S/C51H102O4/c1-4-7-10-13-16-19-22-25-26-27-29-32-35-38-41-44-47-51(55,49(53)45-42-39-36-33-30-28-23-20-17-14-11-8-5-2)50(54,48-52)46-43-40-37-34-31-24-21-18-15-12-9-6-3/h52,54-55H,4-48H2,1-3H3. The summed E-state index contributed by atoms with van der Waals surface area (Å²) >= 11 is 0. The molecule has 3 N–H and O–H groups in total. The molecule has 330 valence electrons. The molecule has 0 radical (unpaired) electrons. The maximum absolute atomic E-state index is 13.8. The summed E-state index contributed by atoms with van der Waals surface area (Å²) in [5.41, 5.74) is -3.61. The van der Waals surface area contributed by atoms with Crippen LogP contribution < -0.4 is 0 Å². The van der Waals surface area contributed by atoms with Gasteiger partial charge in [0, 0.05) is 6.42 Å². The van der Waals surface area contributed by atoms with Crippen LogP contribution in [0.4, 0.5) is 0 Å². The lowest BCUT2D eigenvalue weighted by atomic mass is 9.72. The second-order valence-corrected chi connectivity index (χ2v) is 18.2. The molecule has 0 aliphatic heterocycles. The summed E-state index contributed by atoms with van der Waals surface area (Å²) < 4.78 is 0. The van der Waals surface area contributed by atoms with Crippen molar-refractivity contribution in [1.82, 2.24) is 0 Å². The van der Waals surface area contributed by atoms with E-state index in [9.17, 15) is 20.1 Å². The first-order valence-corrected chi connectivity index (χ1v) is 25.5. The van der Waals surface area contributed by atoms with Gasteiger partial charge in [-0.25, -0.2) is 0 Å². The van der Waals surface area contributed by atoms with Crippen molar-refractivity contribution in [3.8, 4) is 0 Å². The molecule has 0 aliphatic rings. The van der Waals surface area contributed by atoms with Gasteiger partial charge in [-0.1, -0.05) is 278 Å². The maximum Gasteiger partial charge on any atom is 0.167 e. The van der Waals surface area contributed by atoms with Crippen molar-refractivity contribution < 1.29 is 20.1 Å². The van der Waals surface area contributed by atoms with Crippen LogP contribution in [-0.4, -0.2) is 38.9 Å². The number of hydrogen-bond donors (Lipinski definition) is 3. The van der Waals surface area contributed by atoms with Gasteiger partial charge in [-0.05, 0) is 19.3 Å². The van der Waals surface area contributed by atoms with Crippen LogP contribution in [0.15, 0.2) is 0 Å². The predicted molar refractivity (Wildman–Crippen MR) is 242 cm³/mol. The molecule has 0 rings (SSSR count). The first kappa shape index (κ1) is 54.6. The second-order valence-electron chi connectivity index (χ2n) is 18.2. The third-order valence-corrected chi connectivity index (χ3v) is 12.8. The van der Waals surface area contributed by atoms with E-state index in [0.29, 0.717) is 12.8 Å². The molecule has 0 aliphatic carbocycles. The van der Waals surface area contributed by atoms with Crippen molar-refractivity contribution in [3.05, 3.63) is 0 Å². The molecule has 0 bridgehead atoms. The van der Waals surface area contributed by atoms with Crippen LogP contribution in [0.25, 0.3) is 0 Å². The highest BCUT2D eigenvalue weighted by Gasteiger charge is 2.52. The molecule has 0 saturated heterocycles. The number of ketones is 1. The molecule has 0 aromatic carbocycles. The Morgan fingerprint density at radius 1 is 0.327 bits per heavy atom. The Labute approximate surface area is 346 Å². The lowest BCUT2D eigenvalue weighted by molar-refractivity contribution is -0.190. The average molecular weight is 779 g/mol. The van der Waals surface area contributed by atoms with Crippen molar-refractivity contribution >= 4 is 5.78 Å².